The highest BCUT2D eigenvalue weighted by Gasteiger charge is 2.30. The third kappa shape index (κ3) is 7.76. The molecule has 0 aliphatic carbocycles. The second-order valence-corrected chi connectivity index (χ2v) is 8.62. The van der Waals surface area contributed by atoms with E-state index < -0.39 is 11.8 Å². The third-order valence-corrected chi connectivity index (χ3v) is 4.84. The predicted octanol–water partition coefficient (Wildman–Crippen LogP) is 3.83. The van der Waals surface area contributed by atoms with Gasteiger partial charge in [-0.15, -0.1) is 0 Å². The molecule has 1 heterocycles. The summed E-state index contributed by atoms with van der Waals surface area (Å²) in [7, 11) is 1.51. The number of aromatic nitrogens is 2. The maximum atomic E-state index is 12.7. The van der Waals surface area contributed by atoms with Crippen LogP contribution in [-0.2, 0) is 19.1 Å². The van der Waals surface area contributed by atoms with Gasteiger partial charge in [0.15, 0.2) is 11.6 Å². The van der Waals surface area contributed by atoms with Crippen molar-refractivity contribution >= 4 is 29.5 Å². The van der Waals surface area contributed by atoms with Crippen LogP contribution >= 0.6 is 0 Å². The van der Waals surface area contributed by atoms with Gasteiger partial charge >= 0.3 is 5.97 Å². The molecule has 32 heavy (non-hydrogen) atoms. The molecule has 0 fully saturated rings. The number of nitrogens with zero attached hydrogens (tertiary/aromatic N) is 3. The van der Waals surface area contributed by atoms with Gasteiger partial charge in [0, 0.05) is 17.9 Å². The molecule has 0 bridgehead atoms. The predicted molar refractivity (Wildman–Crippen MR) is 123 cm³/mol. The quantitative estimate of drug-likeness (QED) is 0.378. The summed E-state index contributed by atoms with van der Waals surface area (Å²) in [5, 5.41) is 3.32. The number of carbonyl (C=O) groups is 3. The van der Waals surface area contributed by atoms with E-state index in [9.17, 15) is 14.4 Å². The van der Waals surface area contributed by atoms with Gasteiger partial charge in [0.05, 0.1) is 25.8 Å². The molecule has 0 saturated carbocycles. The molecule has 0 radical (unpaired) electrons. The van der Waals surface area contributed by atoms with Crippen LogP contribution in [-0.4, -0.2) is 47.5 Å². The van der Waals surface area contributed by atoms with E-state index in [0.29, 0.717) is 24.6 Å². The first kappa shape index (κ1) is 27.3. The van der Waals surface area contributed by atoms with Crippen molar-refractivity contribution in [3.63, 3.8) is 0 Å². The number of hydrogen-bond donors (Lipinski definition) is 1. The summed E-state index contributed by atoms with van der Waals surface area (Å²) in [5.74, 6) is -1.03. The lowest BCUT2D eigenvalue weighted by molar-refractivity contribution is -0.147. The van der Waals surface area contributed by atoms with Gasteiger partial charge in [0.25, 0.3) is 0 Å². The first-order valence-electron chi connectivity index (χ1n) is 11.2. The average Bonchev–Trinajstić information content (AvgIpc) is 2.75. The fraction of sp³-hybridized carbons (Fsp3) is 0.696. The highest BCUT2D eigenvalue weighted by molar-refractivity contribution is 6.14. The average molecular weight is 451 g/mol. The summed E-state index contributed by atoms with van der Waals surface area (Å²) in [5.41, 5.74) is 0. The van der Waals surface area contributed by atoms with Crippen LogP contribution in [0.5, 0.6) is 5.75 Å². The van der Waals surface area contributed by atoms with Crippen molar-refractivity contribution in [1.82, 2.24) is 9.97 Å². The second-order valence-electron chi connectivity index (χ2n) is 8.62. The molecule has 1 aromatic rings. The third-order valence-electron chi connectivity index (χ3n) is 4.84. The molecule has 0 saturated heterocycles. The Hall–Kier alpha value is -2.71. The maximum absolute atomic E-state index is 12.7. The first-order chi connectivity index (χ1) is 15.0. The summed E-state index contributed by atoms with van der Waals surface area (Å²) in [6, 6.07) is 0.0273. The molecule has 0 aliphatic rings. The summed E-state index contributed by atoms with van der Waals surface area (Å²) in [6.45, 7) is 12.9. The first-order valence-corrected chi connectivity index (χ1v) is 11.2. The van der Waals surface area contributed by atoms with Gasteiger partial charge in [-0.2, -0.15) is 4.98 Å². The second kappa shape index (κ2) is 13.0. The van der Waals surface area contributed by atoms with Crippen LogP contribution in [0.25, 0.3) is 0 Å². The number of hydrogen-bond acceptors (Lipinski definition) is 8. The number of rotatable bonds is 12. The number of imide groups is 1. The van der Waals surface area contributed by atoms with E-state index in [2.05, 4.69) is 15.3 Å². The zero-order chi connectivity index (χ0) is 24.4. The van der Waals surface area contributed by atoms with E-state index in [4.69, 9.17) is 9.47 Å². The Labute approximate surface area is 191 Å². The minimum Gasteiger partial charge on any atom is -0.491 e. The number of carbonyl (C=O) groups excluding carboxylic acids is 3. The lowest BCUT2D eigenvalue weighted by Gasteiger charge is -2.24. The van der Waals surface area contributed by atoms with Crippen LogP contribution in [0.4, 0.5) is 11.8 Å². The highest BCUT2D eigenvalue weighted by atomic mass is 16.5. The molecule has 1 N–H and O–H groups in total. The number of nitrogens with one attached hydrogen (secondary N) is 1. The van der Waals surface area contributed by atoms with Gasteiger partial charge in [-0.1, -0.05) is 48.5 Å². The molecule has 1 aromatic heterocycles. The van der Waals surface area contributed by atoms with Gasteiger partial charge in [-0.3, -0.25) is 14.4 Å². The molecule has 1 rings (SSSR count). The largest absolute Gasteiger partial charge is 0.491 e. The minimum absolute atomic E-state index is 0.0198. The molecule has 0 aliphatic heterocycles. The van der Waals surface area contributed by atoms with Crippen LogP contribution in [0.1, 0.15) is 67.7 Å². The zero-order valence-corrected chi connectivity index (χ0v) is 20.6. The van der Waals surface area contributed by atoms with Crippen molar-refractivity contribution < 1.29 is 23.9 Å². The maximum Gasteiger partial charge on any atom is 0.308 e. The number of amides is 2. The number of esters is 1. The Kier molecular flexibility index (Phi) is 11.1. The van der Waals surface area contributed by atoms with Crippen LogP contribution in [0, 0.1) is 17.8 Å². The lowest BCUT2D eigenvalue weighted by Crippen LogP contribution is -2.43. The van der Waals surface area contributed by atoms with E-state index in [1.807, 2.05) is 6.92 Å². The van der Waals surface area contributed by atoms with E-state index in [1.165, 1.54) is 13.3 Å². The van der Waals surface area contributed by atoms with Crippen molar-refractivity contribution in [2.45, 2.75) is 73.8 Å². The summed E-state index contributed by atoms with van der Waals surface area (Å²) in [4.78, 5) is 46.8. The Bertz CT molecular complexity index is 760. The normalized spacial score (nSPS) is 12.1. The summed E-state index contributed by atoms with van der Waals surface area (Å²) >= 11 is 0. The molecule has 1 atom stereocenters. The van der Waals surface area contributed by atoms with E-state index >= 15 is 0 Å². The van der Waals surface area contributed by atoms with Gasteiger partial charge in [-0.25, -0.2) is 9.88 Å². The van der Waals surface area contributed by atoms with E-state index in [-0.39, 0.29) is 35.7 Å². The van der Waals surface area contributed by atoms with Gasteiger partial charge in [-0.05, 0) is 19.3 Å². The Morgan fingerprint density at radius 2 is 1.62 bits per heavy atom. The van der Waals surface area contributed by atoms with Crippen LogP contribution in [0.3, 0.4) is 0 Å². The number of methoxy groups -OCH3 is 1. The molecular weight excluding hydrogens is 412 g/mol. The van der Waals surface area contributed by atoms with Gasteiger partial charge in [0.1, 0.15) is 0 Å². The highest BCUT2D eigenvalue weighted by Crippen LogP contribution is 2.26. The van der Waals surface area contributed by atoms with E-state index in [1.54, 1.807) is 41.5 Å². The standard InChI is InChI=1S/C23H38N4O5/c1-9-17(11-10-12-32-22(30)16(6)7)25-19-18(31-8)13-24-23(26-19)27(20(28)14(2)3)21(29)15(4)5/h13-17H,9-12H2,1-8H3,(H,24,25,26). The van der Waals surface area contributed by atoms with Gasteiger partial charge in [0.2, 0.25) is 17.8 Å². The fourth-order valence-electron chi connectivity index (χ4n) is 2.78. The Morgan fingerprint density at radius 1 is 1.03 bits per heavy atom. The number of anilines is 2. The summed E-state index contributed by atoms with van der Waals surface area (Å²) in [6.07, 6.45) is 3.67. The van der Waals surface area contributed by atoms with Crippen LogP contribution in [0.15, 0.2) is 6.20 Å². The lowest BCUT2D eigenvalue weighted by atomic mass is 10.1. The molecule has 0 aromatic carbocycles. The van der Waals surface area contributed by atoms with Crippen molar-refractivity contribution in [3.05, 3.63) is 6.20 Å². The van der Waals surface area contributed by atoms with Gasteiger partial charge < -0.3 is 14.8 Å². The fourth-order valence-corrected chi connectivity index (χ4v) is 2.78. The van der Waals surface area contributed by atoms with Crippen LogP contribution < -0.4 is 15.0 Å². The monoisotopic (exact) mass is 450 g/mol. The smallest absolute Gasteiger partial charge is 0.308 e. The molecule has 0 spiro atoms. The summed E-state index contributed by atoms with van der Waals surface area (Å²) < 4.78 is 10.6. The Balaban J connectivity index is 3.06. The van der Waals surface area contributed by atoms with Crippen LogP contribution in [0.2, 0.25) is 0 Å². The molecule has 9 heteroatoms. The molecular formula is C23H38N4O5. The SMILES string of the molecule is CCC(CCCOC(=O)C(C)C)Nc1nc(N(C(=O)C(C)C)C(=O)C(C)C)ncc1OC. The number of ether oxygens (including phenoxy) is 2. The molecule has 9 nitrogen and oxygen atoms in total. The molecule has 1 unspecified atom stereocenters. The molecule has 180 valence electrons. The zero-order valence-electron chi connectivity index (χ0n) is 20.6. The minimum atomic E-state index is -0.392. The molecule has 2 amide bonds. The van der Waals surface area contributed by atoms with Crippen molar-refractivity contribution in [1.29, 1.82) is 0 Å². The topological polar surface area (TPSA) is 111 Å². The van der Waals surface area contributed by atoms with Crippen molar-refractivity contribution in [2.24, 2.45) is 17.8 Å². The van der Waals surface area contributed by atoms with E-state index in [0.717, 1.165) is 17.7 Å². The van der Waals surface area contributed by atoms with Crippen molar-refractivity contribution in [3.8, 4) is 5.75 Å². The Morgan fingerprint density at radius 3 is 2.09 bits per heavy atom. The van der Waals surface area contributed by atoms with Crippen molar-refractivity contribution in [2.75, 3.05) is 23.9 Å².